The van der Waals surface area contributed by atoms with Crippen LogP contribution in [0.25, 0.3) is 0 Å². The van der Waals surface area contributed by atoms with Gasteiger partial charge in [-0.25, -0.2) is 5.48 Å². The highest BCUT2D eigenvalue weighted by Crippen LogP contribution is 2.27. The van der Waals surface area contributed by atoms with Gasteiger partial charge in [-0.3, -0.25) is 10.0 Å². The van der Waals surface area contributed by atoms with Crippen molar-refractivity contribution < 1.29 is 14.7 Å². The topological polar surface area (TPSA) is 70.6 Å². The Hall–Kier alpha value is -1.75. The van der Waals surface area contributed by atoms with Gasteiger partial charge in [0.05, 0.1) is 12.2 Å². The minimum Gasteiger partial charge on any atom is -0.476 e. The fourth-order valence-corrected chi connectivity index (χ4v) is 1.33. The number of hydrogen-bond acceptors (Lipinski definition) is 4. The number of para-hydroxylation sites is 2. The average Bonchev–Trinajstić information content (AvgIpc) is 2.27. The van der Waals surface area contributed by atoms with Gasteiger partial charge in [0.2, 0.25) is 0 Å². The second-order valence-corrected chi connectivity index (χ2v) is 2.96. The molecular weight excluding hydrogens is 184 g/mol. The lowest BCUT2D eigenvalue weighted by atomic mass is 10.2. The summed E-state index contributed by atoms with van der Waals surface area (Å²) in [4.78, 5) is 11.1. The molecule has 1 aliphatic rings. The number of hydroxylamine groups is 1. The third-order valence-electron chi connectivity index (χ3n) is 2.04. The van der Waals surface area contributed by atoms with Crippen LogP contribution in [0.2, 0.25) is 0 Å². The minimum absolute atomic E-state index is 0.351. The molecule has 1 aliphatic heterocycles. The van der Waals surface area contributed by atoms with Gasteiger partial charge in [-0.2, -0.15) is 0 Å². The highest BCUT2D eigenvalue weighted by Gasteiger charge is 2.24. The van der Waals surface area contributed by atoms with Crippen LogP contribution in [-0.4, -0.2) is 23.8 Å². The lowest BCUT2D eigenvalue weighted by molar-refractivity contribution is -0.136. The molecule has 0 aromatic heterocycles. The standard InChI is InChI=1S/C9H10N2O3/c12-9(11-13)8-5-10-6-3-1-2-4-7(6)14-8/h1-4,8,10,13H,5H2,(H,11,12). The van der Waals surface area contributed by atoms with E-state index in [2.05, 4.69) is 5.32 Å². The minimum atomic E-state index is -0.685. The number of rotatable bonds is 1. The molecule has 3 N–H and O–H groups in total. The quantitative estimate of drug-likeness (QED) is 0.446. The highest BCUT2D eigenvalue weighted by molar-refractivity contribution is 5.81. The van der Waals surface area contributed by atoms with E-state index in [1.54, 1.807) is 11.5 Å². The number of carbonyl (C=O) groups is 1. The lowest BCUT2D eigenvalue weighted by Gasteiger charge is -2.25. The van der Waals surface area contributed by atoms with E-state index in [0.29, 0.717) is 12.3 Å². The van der Waals surface area contributed by atoms with E-state index in [1.165, 1.54) is 0 Å². The molecule has 5 nitrogen and oxygen atoms in total. The Balaban J connectivity index is 2.17. The number of amides is 1. The zero-order valence-corrected chi connectivity index (χ0v) is 7.36. The summed E-state index contributed by atoms with van der Waals surface area (Å²) < 4.78 is 5.35. The van der Waals surface area contributed by atoms with Gasteiger partial charge < -0.3 is 10.1 Å². The molecule has 2 rings (SSSR count). The number of hydrogen-bond donors (Lipinski definition) is 3. The second kappa shape index (κ2) is 3.55. The number of nitrogens with one attached hydrogen (secondary N) is 2. The zero-order chi connectivity index (χ0) is 9.97. The summed E-state index contributed by atoms with van der Waals surface area (Å²) in [6.45, 7) is 0.351. The van der Waals surface area contributed by atoms with Crippen LogP contribution in [0, 0.1) is 0 Å². The van der Waals surface area contributed by atoms with Crippen molar-refractivity contribution in [3.05, 3.63) is 24.3 Å². The van der Waals surface area contributed by atoms with Crippen LogP contribution in [0.3, 0.4) is 0 Å². The Morgan fingerprint density at radius 1 is 1.57 bits per heavy atom. The van der Waals surface area contributed by atoms with E-state index in [0.717, 1.165) is 5.69 Å². The molecule has 5 heteroatoms. The van der Waals surface area contributed by atoms with Crippen molar-refractivity contribution in [2.45, 2.75) is 6.10 Å². The third-order valence-corrected chi connectivity index (χ3v) is 2.04. The van der Waals surface area contributed by atoms with Crippen molar-refractivity contribution in [1.82, 2.24) is 5.48 Å². The molecule has 1 heterocycles. The van der Waals surface area contributed by atoms with E-state index in [9.17, 15) is 4.79 Å². The predicted octanol–water partition coefficient (Wildman–Crippen LogP) is 0.365. The second-order valence-electron chi connectivity index (χ2n) is 2.96. The summed E-state index contributed by atoms with van der Waals surface area (Å²) in [6.07, 6.45) is -0.685. The highest BCUT2D eigenvalue weighted by atomic mass is 16.5. The number of anilines is 1. The molecule has 0 saturated carbocycles. The monoisotopic (exact) mass is 194 g/mol. The predicted molar refractivity (Wildman–Crippen MR) is 49.3 cm³/mol. The number of fused-ring (bicyclic) bond motifs is 1. The van der Waals surface area contributed by atoms with Crippen molar-refractivity contribution in [3.63, 3.8) is 0 Å². The Morgan fingerprint density at radius 2 is 2.36 bits per heavy atom. The first-order chi connectivity index (χ1) is 6.81. The van der Waals surface area contributed by atoms with Crippen molar-refractivity contribution in [1.29, 1.82) is 0 Å². The fraction of sp³-hybridized carbons (Fsp3) is 0.222. The summed E-state index contributed by atoms with van der Waals surface area (Å²) in [5.41, 5.74) is 2.42. The average molecular weight is 194 g/mol. The Bertz CT molecular complexity index is 354. The molecule has 14 heavy (non-hydrogen) atoms. The molecule has 0 radical (unpaired) electrons. The maximum absolute atomic E-state index is 11.1. The molecule has 1 unspecified atom stereocenters. The molecule has 1 aromatic rings. The van der Waals surface area contributed by atoms with E-state index < -0.39 is 12.0 Å². The van der Waals surface area contributed by atoms with Crippen LogP contribution in [0.15, 0.2) is 24.3 Å². The van der Waals surface area contributed by atoms with Crippen molar-refractivity contribution in [3.8, 4) is 5.75 Å². The van der Waals surface area contributed by atoms with Gasteiger partial charge in [-0.15, -0.1) is 0 Å². The summed E-state index contributed by atoms with van der Waals surface area (Å²) in [7, 11) is 0. The molecule has 1 atom stereocenters. The van der Waals surface area contributed by atoms with Gasteiger partial charge in [-0.05, 0) is 12.1 Å². The molecule has 1 amide bonds. The molecule has 0 saturated heterocycles. The molecule has 0 bridgehead atoms. The summed E-state index contributed by atoms with van der Waals surface area (Å²) in [5.74, 6) is 0.0688. The number of benzene rings is 1. The van der Waals surface area contributed by atoms with Crippen LogP contribution in [0.4, 0.5) is 5.69 Å². The number of ether oxygens (including phenoxy) is 1. The van der Waals surface area contributed by atoms with Gasteiger partial charge in [0.15, 0.2) is 6.10 Å². The van der Waals surface area contributed by atoms with Crippen LogP contribution in [-0.2, 0) is 4.79 Å². The molecule has 1 aromatic carbocycles. The SMILES string of the molecule is O=C(NO)C1CNc2ccccc2O1. The normalized spacial score (nSPS) is 18.8. The van der Waals surface area contributed by atoms with E-state index in [4.69, 9.17) is 9.94 Å². The Morgan fingerprint density at radius 3 is 3.14 bits per heavy atom. The lowest BCUT2D eigenvalue weighted by Crippen LogP contribution is -2.43. The van der Waals surface area contributed by atoms with Gasteiger partial charge in [0.1, 0.15) is 5.75 Å². The van der Waals surface area contributed by atoms with Gasteiger partial charge in [0, 0.05) is 0 Å². The van der Waals surface area contributed by atoms with Gasteiger partial charge in [-0.1, -0.05) is 12.1 Å². The molecule has 0 spiro atoms. The van der Waals surface area contributed by atoms with Gasteiger partial charge in [0.25, 0.3) is 5.91 Å². The molecule has 0 fully saturated rings. The summed E-state index contributed by atoms with van der Waals surface area (Å²) in [5, 5.41) is 11.5. The van der Waals surface area contributed by atoms with Crippen LogP contribution in [0.1, 0.15) is 0 Å². The van der Waals surface area contributed by atoms with Crippen LogP contribution in [0.5, 0.6) is 5.75 Å². The molecule has 74 valence electrons. The first-order valence-corrected chi connectivity index (χ1v) is 4.25. The molecular formula is C9H10N2O3. The van der Waals surface area contributed by atoms with Crippen molar-refractivity contribution in [2.24, 2.45) is 0 Å². The summed E-state index contributed by atoms with van der Waals surface area (Å²) >= 11 is 0. The first-order valence-electron chi connectivity index (χ1n) is 4.25. The van der Waals surface area contributed by atoms with Crippen LogP contribution >= 0.6 is 0 Å². The first kappa shape index (κ1) is 8.83. The maximum Gasteiger partial charge on any atom is 0.286 e. The fourth-order valence-electron chi connectivity index (χ4n) is 1.33. The Labute approximate surface area is 80.6 Å². The largest absolute Gasteiger partial charge is 0.476 e. The van der Waals surface area contributed by atoms with E-state index >= 15 is 0 Å². The third kappa shape index (κ3) is 1.49. The number of carbonyl (C=O) groups excluding carboxylic acids is 1. The van der Waals surface area contributed by atoms with Crippen molar-refractivity contribution >= 4 is 11.6 Å². The van der Waals surface area contributed by atoms with Crippen LogP contribution < -0.4 is 15.5 Å². The van der Waals surface area contributed by atoms with E-state index in [1.807, 2.05) is 18.2 Å². The summed E-state index contributed by atoms with van der Waals surface area (Å²) in [6, 6.07) is 7.32. The van der Waals surface area contributed by atoms with E-state index in [-0.39, 0.29) is 0 Å². The zero-order valence-electron chi connectivity index (χ0n) is 7.36. The smallest absolute Gasteiger partial charge is 0.286 e. The maximum atomic E-state index is 11.1. The Kier molecular flexibility index (Phi) is 2.24. The van der Waals surface area contributed by atoms with Crippen molar-refractivity contribution in [2.75, 3.05) is 11.9 Å². The molecule has 0 aliphatic carbocycles. The van der Waals surface area contributed by atoms with Gasteiger partial charge >= 0.3 is 0 Å².